The molecule has 1 aromatic carbocycles. The van der Waals surface area contributed by atoms with E-state index in [1.165, 1.54) is 5.56 Å². The molecule has 2 nitrogen and oxygen atoms in total. The van der Waals surface area contributed by atoms with Gasteiger partial charge >= 0.3 is 0 Å². The number of hydrogen-bond donors (Lipinski definition) is 1. The first-order valence-corrected chi connectivity index (χ1v) is 6.69. The van der Waals surface area contributed by atoms with Crippen LogP contribution in [0.5, 0.6) is 0 Å². The molecule has 1 aliphatic rings. The van der Waals surface area contributed by atoms with Crippen LogP contribution in [0.1, 0.15) is 18.9 Å². The minimum absolute atomic E-state index is 0.617. The minimum Gasteiger partial charge on any atom is -0.334 e. The second kappa shape index (κ2) is 5.11. The molecule has 1 unspecified atom stereocenters. The van der Waals surface area contributed by atoms with Gasteiger partial charge in [0.25, 0.3) is 0 Å². The number of nitrogens with one attached hydrogen (secondary N) is 1. The topological polar surface area (TPSA) is 24.4 Å². The van der Waals surface area contributed by atoms with Crippen molar-refractivity contribution in [2.75, 3.05) is 11.9 Å². The van der Waals surface area contributed by atoms with Crippen molar-refractivity contribution in [3.05, 3.63) is 28.8 Å². The molecule has 4 heteroatoms. The van der Waals surface area contributed by atoms with Crippen LogP contribution in [0.2, 0.25) is 5.02 Å². The summed E-state index contributed by atoms with van der Waals surface area (Å²) < 4.78 is 0. The molecule has 0 aliphatic carbocycles. The van der Waals surface area contributed by atoms with Crippen LogP contribution in [0.4, 0.5) is 5.69 Å². The number of aliphatic imine (C=N–C) groups is 1. The zero-order valence-electron chi connectivity index (χ0n) is 9.46. The van der Waals surface area contributed by atoms with Crippen LogP contribution < -0.4 is 5.32 Å². The fourth-order valence-electron chi connectivity index (χ4n) is 1.54. The van der Waals surface area contributed by atoms with Crippen molar-refractivity contribution in [3.8, 4) is 0 Å². The standard InChI is InChI=1S/C12H15ClN2S/c1-3-9-7-14-12(16-9)15-11-5-4-8(2)6-10(11)13/h4-6,9H,3,7H2,1-2H3,(H,14,15). The van der Waals surface area contributed by atoms with E-state index >= 15 is 0 Å². The monoisotopic (exact) mass is 254 g/mol. The van der Waals surface area contributed by atoms with E-state index in [0.29, 0.717) is 5.25 Å². The molecule has 0 fully saturated rings. The number of thioether (sulfide) groups is 1. The summed E-state index contributed by atoms with van der Waals surface area (Å²) in [7, 11) is 0. The maximum atomic E-state index is 6.15. The van der Waals surface area contributed by atoms with Gasteiger partial charge in [-0.2, -0.15) is 0 Å². The van der Waals surface area contributed by atoms with Crippen molar-refractivity contribution in [1.82, 2.24) is 0 Å². The number of rotatable bonds is 2. The van der Waals surface area contributed by atoms with Crippen molar-refractivity contribution < 1.29 is 0 Å². The van der Waals surface area contributed by atoms with E-state index in [-0.39, 0.29) is 0 Å². The first-order chi connectivity index (χ1) is 7.69. The predicted molar refractivity (Wildman–Crippen MR) is 73.8 cm³/mol. The minimum atomic E-state index is 0.617. The Labute approximate surface area is 105 Å². The molecular weight excluding hydrogens is 240 g/mol. The van der Waals surface area contributed by atoms with E-state index < -0.39 is 0 Å². The molecule has 86 valence electrons. The second-order valence-electron chi connectivity index (χ2n) is 3.90. The van der Waals surface area contributed by atoms with Gasteiger partial charge in [-0.15, -0.1) is 0 Å². The van der Waals surface area contributed by atoms with Gasteiger partial charge in [0.15, 0.2) is 5.17 Å². The zero-order valence-corrected chi connectivity index (χ0v) is 11.0. The maximum absolute atomic E-state index is 6.15. The summed E-state index contributed by atoms with van der Waals surface area (Å²) in [4.78, 5) is 4.46. The molecular formula is C12H15ClN2S. The smallest absolute Gasteiger partial charge is 0.161 e. The Balaban J connectivity index is 2.05. The number of benzene rings is 1. The summed E-state index contributed by atoms with van der Waals surface area (Å²) in [6.45, 7) is 5.13. The molecule has 0 aromatic heterocycles. The third kappa shape index (κ3) is 2.71. The summed E-state index contributed by atoms with van der Waals surface area (Å²) in [6.07, 6.45) is 1.15. The van der Waals surface area contributed by atoms with E-state index in [1.807, 2.05) is 25.1 Å². The van der Waals surface area contributed by atoms with Crippen molar-refractivity contribution in [2.24, 2.45) is 4.99 Å². The van der Waals surface area contributed by atoms with E-state index in [2.05, 4.69) is 17.2 Å². The number of aryl methyl sites for hydroxylation is 1. The Bertz CT molecular complexity index is 417. The van der Waals surface area contributed by atoms with Crippen LogP contribution >= 0.6 is 23.4 Å². The summed E-state index contributed by atoms with van der Waals surface area (Å²) in [5.74, 6) is 0. The number of anilines is 1. The zero-order chi connectivity index (χ0) is 11.5. The molecule has 1 aliphatic heterocycles. The van der Waals surface area contributed by atoms with E-state index in [9.17, 15) is 0 Å². The lowest BCUT2D eigenvalue weighted by atomic mass is 10.2. The molecule has 1 heterocycles. The third-order valence-electron chi connectivity index (χ3n) is 2.54. The molecule has 1 atom stereocenters. The maximum Gasteiger partial charge on any atom is 0.161 e. The highest BCUT2D eigenvalue weighted by Gasteiger charge is 2.18. The van der Waals surface area contributed by atoms with Crippen LogP contribution in [-0.2, 0) is 0 Å². The Kier molecular flexibility index (Phi) is 3.77. The molecule has 0 saturated carbocycles. The van der Waals surface area contributed by atoms with Crippen molar-refractivity contribution in [1.29, 1.82) is 0 Å². The molecule has 0 spiro atoms. The number of amidine groups is 1. The van der Waals surface area contributed by atoms with Gasteiger partial charge < -0.3 is 5.32 Å². The molecule has 16 heavy (non-hydrogen) atoms. The van der Waals surface area contributed by atoms with Gasteiger partial charge in [-0.3, -0.25) is 4.99 Å². The average molecular weight is 255 g/mol. The highest BCUT2D eigenvalue weighted by molar-refractivity contribution is 8.15. The van der Waals surface area contributed by atoms with Crippen LogP contribution in [0, 0.1) is 6.92 Å². The van der Waals surface area contributed by atoms with E-state index in [1.54, 1.807) is 11.8 Å². The fourth-order valence-corrected chi connectivity index (χ4v) is 2.77. The van der Waals surface area contributed by atoms with Gasteiger partial charge in [0.1, 0.15) is 0 Å². The molecule has 2 rings (SSSR count). The second-order valence-corrected chi connectivity index (χ2v) is 5.60. The van der Waals surface area contributed by atoms with E-state index in [4.69, 9.17) is 11.6 Å². The summed E-state index contributed by atoms with van der Waals surface area (Å²) >= 11 is 7.95. The van der Waals surface area contributed by atoms with Gasteiger partial charge in [-0.05, 0) is 31.0 Å². The SMILES string of the molecule is CCC1CN=C(Nc2ccc(C)cc2Cl)S1. The van der Waals surface area contributed by atoms with Crippen molar-refractivity contribution in [2.45, 2.75) is 25.5 Å². The normalized spacial score (nSPS) is 19.7. The Morgan fingerprint density at radius 3 is 3.00 bits per heavy atom. The number of nitrogens with zero attached hydrogens (tertiary/aromatic N) is 1. The highest BCUT2D eigenvalue weighted by Crippen LogP contribution is 2.28. The van der Waals surface area contributed by atoms with Gasteiger partial charge in [-0.1, -0.05) is 36.4 Å². The fraction of sp³-hybridized carbons (Fsp3) is 0.417. The predicted octanol–water partition coefficient (Wildman–Crippen LogP) is 3.94. The van der Waals surface area contributed by atoms with Crippen LogP contribution in [0.15, 0.2) is 23.2 Å². The van der Waals surface area contributed by atoms with Gasteiger partial charge in [-0.25, -0.2) is 0 Å². The molecule has 1 aromatic rings. The Morgan fingerprint density at radius 1 is 1.56 bits per heavy atom. The highest BCUT2D eigenvalue weighted by atomic mass is 35.5. The van der Waals surface area contributed by atoms with Crippen molar-refractivity contribution >= 4 is 34.2 Å². The first kappa shape index (κ1) is 11.8. The van der Waals surface area contributed by atoms with Gasteiger partial charge in [0.2, 0.25) is 0 Å². The quantitative estimate of drug-likeness (QED) is 0.865. The van der Waals surface area contributed by atoms with Crippen molar-refractivity contribution in [3.63, 3.8) is 0 Å². The molecule has 1 N–H and O–H groups in total. The molecule has 0 bridgehead atoms. The lowest BCUT2D eigenvalue weighted by Crippen LogP contribution is -2.07. The van der Waals surface area contributed by atoms with Crippen LogP contribution in [-0.4, -0.2) is 17.0 Å². The van der Waals surface area contributed by atoms with E-state index in [0.717, 1.165) is 28.8 Å². The first-order valence-electron chi connectivity index (χ1n) is 5.43. The average Bonchev–Trinajstić information content (AvgIpc) is 2.70. The molecule has 0 amide bonds. The van der Waals surface area contributed by atoms with Crippen LogP contribution in [0.25, 0.3) is 0 Å². The molecule has 0 saturated heterocycles. The number of halogens is 1. The molecule has 0 radical (unpaired) electrons. The Hall–Kier alpha value is -0.670. The summed E-state index contributed by atoms with van der Waals surface area (Å²) in [6, 6.07) is 6.01. The lowest BCUT2D eigenvalue weighted by molar-refractivity contribution is 0.843. The number of hydrogen-bond acceptors (Lipinski definition) is 3. The van der Waals surface area contributed by atoms with Crippen LogP contribution in [0.3, 0.4) is 0 Å². The largest absolute Gasteiger partial charge is 0.334 e. The third-order valence-corrected chi connectivity index (χ3v) is 4.12. The van der Waals surface area contributed by atoms with Gasteiger partial charge in [0.05, 0.1) is 17.3 Å². The summed E-state index contributed by atoms with van der Waals surface area (Å²) in [5, 5.41) is 5.64. The summed E-state index contributed by atoms with van der Waals surface area (Å²) in [5.41, 5.74) is 2.11. The Morgan fingerprint density at radius 2 is 2.38 bits per heavy atom. The lowest BCUT2D eigenvalue weighted by Gasteiger charge is -2.09. The van der Waals surface area contributed by atoms with Gasteiger partial charge in [0, 0.05) is 5.25 Å².